The first-order chi connectivity index (χ1) is 11.9. The fourth-order valence-corrected chi connectivity index (χ4v) is 4.59. The molecule has 0 saturated carbocycles. The van der Waals surface area contributed by atoms with Gasteiger partial charge < -0.3 is 9.84 Å². The number of ether oxygens (including phenoxy) is 1. The van der Waals surface area contributed by atoms with E-state index in [0.29, 0.717) is 17.6 Å². The summed E-state index contributed by atoms with van der Waals surface area (Å²) in [5.41, 5.74) is 3.35. The third-order valence-electron chi connectivity index (χ3n) is 5.59. The Morgan fingerprint density at radius 2 is 2.12 bits per heavy atom. The molecular weight excluding hydrogens is 376 g/mol. The lowest BCUT2D eigenvalue weighted by Crippen LogP contribution is -2.45. The second kappa shape index (κ2) is 7.57. The Kier molecular flexibility index (Phi) is 5.62. The molecule has 3 heteroatoms. The predicted octanol–water partition coefficient (Wildman–Crippen LogP) is 6.28. The van der Waals surface area contributed by atoms with Crippen molar-refractivity contribution in [2.45, 2.75) is 64.4 Å². The Morgan fingerprint density at radius 1 is 1.32 bits per heavy atom. The summed E-state index contributed by atoms with van der Waals surface area (Å²) in [6.07, 6.45) is 11.9. The van der Waals surface area contributed by atoms with Crippen molar-refractivity contribution in [2.75, 3.05) is 5.33 Å². The number of alkyl halides is 1. The molecule has 2 nitrogen and oxygen atoms in total. The molecule has 0 saturated heterocycles. The van der Waals surface area contributed by atoms with Gasteiger partial charge in [-0.25, -0.2) is 0 Å². The highest BCUT2D eigenvalue weighted by Gasteiger charge is 2.45. The quantitative estimate of drug-likeness (QED) is 0.355. The van der Waals surface area contributed by atoms with Crippen LogP contribution in [0.5, 0.6) is 11.5 Å². The maximum Gasteiger partial charge on any atom is 0.127 e. The number of aromatic hydroxyl groups is 1. The Balaban J connectivity index is 1.88. The summed E-state index contributed by atoms with van der Waals surface area (Å²) >= 11 is 3.45. The van der Waals surface area contributed by atoms with Gasteiger partial charge in [-0.2, -0.15) is 0 Å². The molecule has 0 amide bonds. The first-order valence-corrected chi connectivity index (χ1v) is 10.5. The van der Waals surface area contributed by atoms with Crippen molar-refractivity contribution in [2.24, 2.45) is 5.92 Å². The fraction of sp³-hybridized carbons (Fsp3) is 0.545. The second-order valence-electron chi connectivity index (χ2n) is 7.94. The summed E-state index contributed by atoms with van der Waals surface area (Å²) in [6, 6.07) is 4.07. The predicted molar refractivity (Wildman–Crippen MR) is 108 cm³/mol. The highest BCUT2D eigenvalue weighted by molar-refractivity contribution is 9.09. The summed E-state index contributed by atoms with van der Waals surface area (Å²) in [5.74, 6) is 2.06. The molecule has 25 heavy (non-hydrogen) atoms. The SMILES string of the molecule is CC1=CC[C@@H]2C(C1)c1c(O)cc(C/C=C\CCCBr)cc1OC2(C)C. The molecule has 0 spiro atoms. The highest BCUT2D eigenvalue weighted by Crippen LogP contribution is 2.54. The van der Waals surface area contributed by atoms with E-state index in [0.717, 1.165) is 54.3 Å². The number of hydrogen-bond acceptors (Lipinski definition) is 2. The molecule has 0 bridgehead atoms. The van der Waals surface area contributed by atoms with Crippen LogP contribution in [-0.2, 0) is 6.42 Å². The Labute approximate surface area is 160 Å². The van der Waals surface area contributed by atoms with Crippen molar-refractivity contribution in [3.63, 3.8) is 0 Å². The van der Waals surface area contributed by atoms with Crippen LogP contribution in [-0.4, -0.2) is 16.0 Å². The average Bonchev–Trinajstić information content (AvgIpc) is 2.53. The van der Waals surface area contributed by atoms with Crippen LogP contribution >= 0.6 is 15.9 Å². The molecule has 136 valence electrons. The molecule has 3 rings (SSSR count). The largest absolute Gasteiger partial charge is 0.508 e. The fourth-order valence-electron chi connectivity index (χ4n) is 4.27. The number of halogens is 1. The van der Waals surface area contributed by atoms with Crippen molar-refractivity contribution < 1.29 is 9.84 Å². The van der Waals surface area contributed by atoms with Crippen LogP contribution in [0, 0.1) is 5.92 Å². The Morgan fingerprint density at radius 3 is 2.88 bits per heavy atom. The minimum Gasteiger partial charge on any atom is -0.508 e. The molecule has 1 aliphatic carbocycles. The number of allylic oxidation sites excluding steroid dienone is 4. The molecule has 0 aromatic heterocycles. The van der Waals surface area contributed by atoms with Crippen molar-refractivity contribution in [1.82, 2.24) is 0 Å². The minimum absolute atomic E-state index is 0.203. The van der Waals surface area contributed by atoms with Crippen LogP contribution in [0.2, 0.25) is 0 Å². The molecule has 0 fully saturated rings. The van der Waals surface area contributed by atoms with E-state index >= 15 is 0 Å². The lowest BCUT2D eigenvalue weighted by atomic mass is 9.67. The van der Waals surface area contributed by atoms with Crippen LogP contribution in [0.1, 0.15) is 63.5 Å². The number of phenolic OH excluding ortho intramolecular Hbond substituents is 1. The van der Waals surface area contributed by atoms with Gasteiger partial charge in [0.05, 0.1) is 0 Å². The smallest absolute Gasteiger partial charge is 0.127 e. The number of phenols is 1. The normalized spacial score (nSPS) is 24.4. The molecule has 2 aliphatic rings. The van der Waals surface area contributed by atoms with Crippen molar-refractivity contribution in [3.8, 4) is 11.5 Å². The van der Waals surface area contributed by atoms with Gasteiger partial charge in [-0.1, -0.05) is 39.7 Å². The summed E-state index contributed by atoms with van der Waals surface area (Å²) in [4.78, 5) is 0. The summed E-state index contributed by atoms with van der Waals surface area (Å²) in [6.45, 7) is 6.57. The Bertz CT molecular complexity index is 688. The number of hydrogen-bond donors (Lipinski definition) is 1. The molecular formula is C22H29BrO2. The van der Waals surface area contributed by atoms with Gasteiger partial charge in [0.25, 0.3) is 0 Å². The van der Waals surface area contributed by atoms with Crippen molar-refractivity contribution in [3.05, 3.63) is 47.1 Å². The van der Waals surface area contributed by atoms with Crippen LogP contribution in [0.3, 0.4) is 0 Å². The van der Waals surface area contributed by atoms with Gasteiger partial charge in [0.2, 0.25) is 0 Å². The molecule has 1 N–H and O–H groups in total. The topological polar surface area (TPSA) is 29.5 Å². The summed E-state index contributed by atoms with van der Waals surface area (Å²) in [5, 5.41) is 11.8. The van der Waals surface area contributed by atoms with Crippen LogP contribution < -0.4 is 4.74 Å². The third kappa shape index (κ3) is 3.97. The first kappa shape index (κ1) is 18.6. The molecule has 1 aromatic rings. The van der Waals surface area contributed by atoms with Crippen molar-refractivity contribution >= 4 is 15.9 Å². The standard InChI is InChI=1S/C22H29BrO2/c1-15-9-10-18-17(12-15)21-19(24)13-16(8-6-4-5-7-11-23)14-20(21)25-22(18,2)3/h4,6,9,13-14,17-18,24H,5,7-8,10-12H2,1-3H3/b6-4-/t17?,18-/m1/s1. The van der Waals surface area contributed by atoms with Crippen LogP contribution in [0.25, 0.3) is 0 Å². The number of rotatable bonds is 5. The minimum atomic E-state index is -0.203. The van der Waals surface area contributed by atoms with Crippen LogP contribution in [0.4, 0.5) is 0 Å². The van der Waals surface area contributed by atoms with Gasteiger partial charge in [-0.15, -0.1) is 0 Å². The zero-order valence-electron chi connectivity index (χ0n) is 15.5. The van der Waals surface area contributed by atoms with E-state index in [9.17, 15) is 5.11 Å². The lowest BCUT2D eigenvalue weighted by Gasteiger charge is -2.47. The Hall–Kier alpha value is -1.22. The van der Waals surface area contributed by atoms with E-state index in [1.807, 2.05) is 6.07 Å². The van der Waals surface area contributed by atoms with Gasteiger partial charge in [0.15, 0.2) is 0 Å². The molecule has 1 heterocycles. The van der Waals surface area contributed by atoms with Gasteiger partial charge in [-0.05, 0) is 70.6 Å². The molecule has 1 unspecified atom stereocenters. The maximum atomic E-state index is 10.7. The van der Waals surface area contributed by atoms with Gasteiger partial charge >= 0.3 is 0 Å². The van der Waals surface area contributed by atoms with Crippen LogP contribution in [0.15, 0.2) is 35.9 Å². The molecule has 2 atom stereocenters. The van der Waals surface area contributed by atoms with E-state index in [1.54, 1.807) is 0 Å². The summed E-state index contributed by atoms with van der Waals surface area (Å²) < 4.78 is 6.37. The monoisotopic (exact) mass is 404 g/mol. The molecule has 1 aromatic carbocycles. The van der Waals surface area contributed by atoms with E-state index in [2.05, 4.69) is 61.0 Å². The lowest BCUT2D eigenvalue weighted by molar-refractivity contribution is 0.00754. The molecule has 1 aliphatic heterocycles. The molecule has 0 radical (unpaired) electrons. The van der Waals surface area contributed by atoms with Gasteiger partial charge in [-0.3, -0.25) is 0 Å². The van der Waals surface area contributed by atoms with Gasteiger partial charge in [0, 0.05) is 22.7 Å². The van der Waals surface area contributed by atoms with Crippen molar-refractivity contribution in [1.29, 1.82) is 0 Å². The zero-order valence-corrected chi connectivity index (χ0v) is 17.1. The maximum absolute atomic E-state index is 10.7. The summed E-state index contributed by atoms with van der Waals surface area (Å²) in [7, 11) is 0. The van der Waals surface area contributed by atoms with E-state index < -0.39 is 0 Å². The zero-order chi connectivity index (χ0) is 18.0. The van der Waals surface area contributed by atoms with E-state index in [4.69, 9.17) is 4.74 Å². The third-order valence-corrected chi connectivity index (χ3v) is 6.15. The first-order valence-electron chi connectivity index (χ1n) is 9.33. The number of fused-ring (bicyclic) bond motifs is 3. The highest BCUT2D eigenvalue weighted by atomic mass is 79.9. The van der Waals surface area contributed by atoms with E-state index in [-0.39, 0.29) is 5.60 Å². The number of unbranched alkanes of at least 4 members (excludes halogenated alkanes) is 1. The van der Waals surface area contributed by atoms with Gasteiger partial charge in [0.1, 0.15) is 17.1 Å². The van der Waals surface area contributed by atoms with E-state index in [1.165, 1.54) is 5.57 Å². The second-order valence-corrected chi connectivity index (χ2v) is 8.74. The average molecular weight is 405 g/mol. The number of benzene rings is 1.